The summed E-state index contributed by atoms with van der Waals surface area (Å²) < 4.78 is 7.24. The highest BCUT2D eigenvalue weighted by Crippen LogP contribution is 2.33. The molecule has 0 spiro atoms. The maximum absolute atomic E-state index is 12.4. The van der Waals surface area contributed by atoms with Crippen molar-refractivity contribution in [1.82, 2.24) is 20.1 Å². The second kappa shape index (κ2) is 6.36. The summed E-state index contributed by atoms with van der Waals surface area (Å²) in [4.78, 5) is 16.3. The lowest BCUT2D eigenvalue weighted by molar-refractivity contribution is -0.125. The minimum absolute atomic E-state index is 0.0896. The van der Waals surface area contributed by atoms with E-state index in [1.807, 2.05) is 12.1 Å². The number of benzene rings is 1. The molecular formula is C15H17ClN4O2. The van der Waals surface area contributed by atoms with Crippen molar-refractivity contribution in [3.05, 3.63) is 41.4 Å². The smallest absolute Gasteiger partial charge is 0.245 e. The number of nitrogens with zero attached hydrogens (tertiary/aromatic N) is 3. The maximum Gasteiger partial charge on any atom is 0.245 e. The minimum Gasteiger partial charge on any atom is -0.493 e. The highest BCUT2D eigenvalue weighted by Gasteiger charge is 2.24. The summed E-state index contributed by atoms with van der Waals surface area (Å²) in [6.45, 7) is 2.42. The van der Waals surface area contributed by atoms with Crippen molar-refractivity contribution in [2.75, 3.05) is 6.61 Å². The maximum atomic E-state index is 12.4. The van der Waals surface area contributed by atoms with Gasteiger partial charge in [-0.15, -0.1) is 0 Å². The van der Waals surface area contributed by atoms with Crippen LogP contribution in [0.3, 0.4) is 0 Å². The Kier molecular flexibility index (Phi) is 4.29. The zero-order valence-electron chi connectivity index (χ0n) is 12.2. The van der Waals surface area contributed by atoms with Gasteiger partial charge in [0.05, 0.1) is 12.6 Å². The molecule has 0 bridgehead atoms. The molecule has 1 amide bonds. The van der Waals surface area contributed by atoms with Crippen LogP contribution in [0.15, 0.2) is 30.9 Å². The van der Waals surface area contributed by atoms with Crippen molar-refractivity contribution in [1.29, 1.82) is 0 Å². The zero-order valence-corrected chi connectivity index (χ0v) is 13.0. The highest BCUT2D eigenvalue weighted by atomic mass is 35.5. The van der Waals surface area contributed by atoms with Crippen LogP contribution in [0.2, 0.25) is 5.02 Å². The average molecular weight is 321 g/mol. The van der Waals surface area contributed by atoms with Crippen molar-refractivity contribution in [3.63, 3.8) is 0 Å². The lowest BCUT2D eigenvalue weighted by Gasteiger charge is -2.21. The Labute approximate surface area is 133 Å². The molecule has 0 unspecified atom stereocenters. The average Bonchev–Trinajstić information content (AvgIpc) is 2.97. The van der Waals surface area contributed by atoms with E-state index in [1.54, 1.807) is 13.0 Å². The third-order valence-electron chi connectivity index (χ3n) is 3.78. The summed E-state index contributed by atoms with van der Waals surface area (Å²) in [5.74, 6) is 0.641. The molecule has 6 nitrogen and oxygen atoms in total. The van der Waals surface area contributed by atoms with Gasteiger partial charge in [-0.2, -0.15) is 5.10 Å². The summed E-state index contributed by atoms with van der Waals surface area (Å²) in [5, 5.41) is 7.71. The third-order valence-corrected chi connectivity index (χ3v) is 4.01. The number of carbonyl (C=O) groups is 1. The second-order valence-electron chi connectivity index (χ2n) is 5.29. The van der Waals surface area contributed by atoms with Crippen LogP contribution in [-0.4, -0.2) is 27.3 Å². The molecule has 2 atom stereocenters. The van der Waals surface area contributed by atoms with Gasteiger partial charge in [0.25, 0.3) is 0 Å². The quantitative estimate of drug-likeness (QED) is 0.943. The summed E-state index contributed by atoms with van der Waals surface area (Å²) >= 11 is 6.02. The normalized spacial score (nSPS) is 18.7. The van der Waals surface area contributed by atoms with Crippen molar-refractivity contribution < 1.29 is 9.53 Å². The predicted molar refractivity (Wildman–Crippen MR) is 81.8 cm³/mol. The van der Waals surface area contributed by atoms with Gasteiger partial charge in [0.1, 0.15) is 24.4 Å². The molecule has 1 N–H and O–H groups in total. The number of fused-ring (bicyclic) bond motifs is 1. The number of hydrogen-bond donors (Lipinski definition) is 1. The Morgan fingerprint density at radius 2 is 2.41 bits per heavy atom. The first-order valence-electron chi connectivity index (χ1n) is 7.22. The van der Waals surface area contributed by atoms with Crippen molar-refractivity contribution in [2.45, 2.75) is 31.8 Å². The van der Waals surface area contributed by atoms with E-state index in [2.05, 4.69) is 15.4 Å². The molecule has 22 heavy (non-hydrogen) atoms. The van der Waals surface area contributed by atoms with Crippen LogP contribution in [0.5, 0.6) is 5.75 Å². The minimum atomic E-state index is -0.414. The van der Waals surface area contributed by atoms with E-state index in [0.717, 1.165) is 24.2 Å². The molecule has 0 fully saturated rings. The first kappa shape index (κ1) is 14.8. The molecule has 0 radical (unpaired) electrons. The third kappa shape index (κ3) is 3.06. The molecule has 3 rings (SSSR count). The molecule has 1 aliphatic rings. The van der Waals surface area contributed by atoms with Gasteiger partial charge in [0.2, 0.25) is 5.91 Å². The Bertz CT molecular complexity index is 660. The molecule has 1 aliphatic heterocycles. The van der Waals surface area contributed by atoms with Gasteiger partial charge >= 0.3 is 0 Å². The number of hydrogen-bond acceptors (Lipinski definition) is 4. The first-order valence-corrected chi connectivity index (χ1v) is 7.59. The van der Waals surface area contributed by atoms with Crippen LogP contribution in [0.1, 0.15) is 37.4 Å². The molecule has 2 heterocycles. The number of halogens is 1. The van der Waals surface area contributed by atoms with E-state index in [0.29, 0.717) is 11.6 Å². The number of amides is 1. The van der Waals surface area contributed by atoms with Gasteiger partial charge in [0, 0.05) is 10.6 Å². The zero-order chi connectivity index (χ0) is 15.5. The Morgan fingerprint density at radius 1 is 1.55 bits per heavy atom. The van der Waals surface area contributed by atoms with Gasteiger partial charge in [-0.05, 0) is 31.9 Å². The molecule has 0 saturated carbocycles. The monoisotopic (exact) mass is 320 g/mol. The summed E-state index contributed by atoms with van der Waals surface area (Å²) in [6, 6.07) is 5.02. The van der Waals surface area contributed by atoms with Crippen LogP contribution in [0, 0.1) is 0 Å². The van der Waals surface area contributed by atoms with Gasteiger partial charge in [-0.25, -0.2) is 9.67 Å². The summed E-state index contributed by atoms with van der Waals surface area (Å²) in [6.07, 6.45) is 4.65. The number of nitrogens with one attached hydrogen (secondary N) is 1. The molecule has 1 aromatic carbocycles. The second-order valence-corrected chi connectivity index (χ2v) is 5.72. The standard InChI is InChI=1S/C15H17ClN4O2/c1-10(20-9-17-8-18-20)15(21)19-13-3-2-6-22-14-7-11(16)4-5-12(13)14/h4-5,7-10,13H,2-3,6H2,1H3,(H,19,21)/t10-,13-/m0/s1. The van der Waals surface area contributed by atoms with E-state index in [9.17, 15) is 4.79 Å². The molecule has 0 saturated heterocycles. The largest absolute Gasteiger partial charge is 0.493 e. The fourth-order valence-electron chi connectivity index (χ4n) is 2.53. The van der Waals surface area contributed by atoms with Gasteiger partial charge in [-0.1, -0.05) is 17.7 Å². The van der Waals surface area contributed by atoms with E-state index < -0.39 is 6.04 Å². The Hall–Kier alpha value is -2.08. The molecule has 116 valence electrons. The van der Waals surface area contributed by atoms with Crippen LogP contribution >= 0.6 is 11.6 Å². The Morgan fingerprint density at radius 3 is 3.18 bits per heavy atom. The Balaban J connectivity index is 1.79. The fraction of sp³-hybridized carbons (Fsp3) is 0.400. The lowest BCUT2D eigenvalue weighted by atomic mass is 10.0. The van der Waals surface area contributed by atoms with Gasteiger partial charge in [0.15, 0.2) is 0 Å². The van der Waals surface area contributed by atoms with Crippen LogP contribution in [0.4, 0.5) is 0 Å². The van der Waals surface area contributed by atoms with Crippen molar-refractivity contribution >= 4 is 17.5 Å². The van der Waals surface area contributed by atoms with E-state index >= 15 is 0 Å². The SMILES string of the molecule is C[C@@H](C(=O)N[C@H]1CCCOc2cc(Cl)ccc21)n1cncn1. The van der Waals surface area contributed by atoms with Gasteiger partial charge < -0.3 is 10.1 Å². The fourth-order valence-corrected chi connectivity index (χ4v) is 2.69. The number of aromatic nitrogens is 3. The van der Waals surface area contributed by atoms with Crippen LogP contribution in [0.25, 0.3) is 0 Å². The van der Waals surface area contributed by atoms with Gasteiger partial charge in [-0.3, -0.25) is 4.79 Å². The van der Waals surface area contributed by atoms with Crippen LogP contribution in [-0.2, 0) is 4.79 Å². The van der Waals surface area contributed by atoms with Crippen LogP contribution < -0.4 is 10.1 Å². The molecule has 7 heteroatoms. The summed E-state index contributed by atoms with van der Waals surface area (Å²) in [5.41, 5.74) is 0.959. The lowest BCUT2D eigenvalue weighted by Crippen LogP contribution is -2.34. The molecule has 2 aromatic rings. The highest BCUT2D eigenvalue weighted by molar-refractivity contribution is 6.30. The van der Waals surface area contributed by atoms with E-state index in [-0.39, 0.29) is 11.9 Å². The number of carbonyl (C=O) groups excluding carboxylic acids is 1. The molecule has 0 aliphatic carbocycles. The van der Waals surface area contributed by atoms with E-state index in [4.69, 9.17) is 16.3 Å². The summed E-state index contributed by atoms with van der Waals surface area (Å²) in [7, 11) is 0. The van der Waals surface area contributed by atoms with Crippen molar-refractivity contribution in [2.24, 2.45) is 0 Å². The topological polar surface area (TPSA) is 69.0 Å². The number of ether oxygens (including phenoxy) is 1. The molecule has 1 aromatic heterocycles. The number of rotatable bonds is 3. The van der Waals surface area contributed by atoms with Crippen molar-refractivity contribution in [3.8, 4) is 5.75 Å². The molecular weight excluding hydrogens is 304 g/mol. The predicted octanol–water partition coefficient (Wildman–Crippen LogP) is 2.52. The van der Waals surface area contributed by atoms with E-state index in [1.165, 1.54) is 17.3 Å². The first-order chi connectivity index (χ1) is 10.6.